The molecule has 7 heteroatoms. The minimum atomic E-state index is -0.0326. The molecule has 3 N–H and O–H groups in total. The molecule has 0 aromatic heterocycles. The number of carbonyl (C=O) groups excluding carboxylic acids is 1. The molecule has 0 spiro atoms. The summed E-state index contributed by atoms with van der Waals surface area (Å²) in [5.74, 6) is 2.11. The topological polar surface area (TPSA) is 84.0 Å². The predicted molar refractivity (Wildman–Crippen MR) is 120 cm³/mol. The van der Waals surface area contributed by atoms with Crippen LogP contribution in [0, 0.1) is 0 Å². The molecule has 0 fully saturated rings. The summed E-state index contributed by atoms with van der Waals surface area (Å²) in [5, 5.41) is 9.48. The van der Waals surface area contributed by atoms with E-state index in [1.54, 1.807) is 7.05 Å². The molecule has 30 heavy (non-hydrogen) atoms. The molecule has 160 valence electrons. The third-order valence-electron chi connectivity index (χ3n) is 4.73. The van der Waals surface area contributed by atoms with Gasteiger partial charge in [-0.1, -0.05) is 25.5 Å². The minimum absolute atomic E-state index is 0.0326. The average Bonchev–Trinajstić information content (AvgIpc) is 3.02. The smallest absolute Gasteiger partial charge is 0.251 e. The van der Waals surface area contributed by atoms with Crippen LogP contribution in [0.25, 0.3) is 0 Å². The number of hydrogen-bond donors (Lipinski definition) is 3. The number of nitrogens with zero attached hydrogens (tertiary/aromatic N) is 1. The van der Waals surface area contributed by atoms with Crippen LogP contribution in [-0.2, 0) is 6.54 Å². The number of hydrogen-bond acceptors (Lipinski definition) is 4. The van der Waals surface area contributed by atoms with Crippen LogP contribution in [0.1, 0.15) is 42.1 Å². The Bertz CT molecular complexity index is 865. The Balaban J connectivity index is 1.53. The summed E-state index contributed by atoms with van der Waals surface area (Å²) < 4.78 is 11.4. The van der Waals surface area contributed by atoms with Gasteiger partial charge in [-0.3, -0.25) is 9.79 Å². The second kappa shape index (κ2) is 11.1. The Labute approximate surface area is 177 Å². The molecule has 2 aromatic rings. The molecule has 0 radical (unpaired) electrons. The van der Waals surface area contributed by atoms with Crippen molar-refractivity contribution in [1.29, 1.82) is 0 Å². The highest BCUT2D eigenvalue weighted by atomic mass is 16.5. The highest BCUT2D eigenvalue weighted by Gasteiger charge is 2.11. The number of unbranched alkanes of at least 4 members (excludes halogenated alkanes) is 1. The van der Waals surface area contributed by atoms with Gasteiger partial charge in [0.1, 0.15) is 0 Å². The largest absolute Gasteiger partial charge is 0.490 e. The fraction of sp³-hybridized carbons (Fsp3) is 0.391. The number of benzene rings is 2. The van der Waals surface area contributed by atoms with E-state index in [-0.39, 0.29) is 5.91 Å². The van der Waals surface area contributed by atoms with E-state index in [0.717, 1.165) is 42.0 Å². The first-order chi connectivity index (χ1) is 14.7. The summed E-state index contributed by atoms with van der Waals surface area (Å²) in [6.45, 7) is 4.71. The number of nitrogens with one attached hydrogen (secondary N) is 3. The lowest BCUT2D eigenvalue weighted by atomic mass is 10.1. The van der Waals surface area contributed by atoms with Crippen molar-refractivity contribution < 1.29 is 14.3 Å². The summed E-state index contributed by atoms with van der Waals surface area (Å²) in [4.78, 5) is 16.4. The zero-order valence-electron chi connectivity index (χ0n) is 17.7. The molecular weight excluding hydrogens is 380 g/mol. The SMILES string of the molecule is CCCCNC(=O)c1ccc(CNC(=NC)Nc2ccc3c(c2)OCCCO3)cc1. The summed E-state index contributed by atoms with van der Waals surface area (Å²) >= 11 is 0. The van der Waals surface area contributed by atoms with Gasteiger partial charge in [0, 0.05) is 43.9 Å². The minimum Gasteiger partial charge on any atom is -0.490 e. The van der Waals surface area contributed by atoms with E-state index in [2.05, 4.69) is 27.9 Å². The van der Waals surface area contributed by atoms with Crippen molar-refractivity contribution in [3.8, 4) is 11.5 Å². The molecule has 0 saturated heterocycles. The van der Waals surface area contributed by atoms with Crippen LogP contribution < -0.4 is 25.4 Å². The van der Waals surface area contributed by atoms with Crippen molar-refractivity contribution in [2.75, 3.05) is 32.1 Å². The van der Waals surface area contributed by atoms with Crippen molar-refractivity contribution in [3.63, 3.8) is 0 Å². The van der Waals surface area contributed by atoms with Crippen LogP contribution in [-0.4, -0.2) is 38.7 Å². The van der Waals surface area contributed by atoms with Gasteiger partial charge in [-0.05, 0) is 36.2 Å². The predicted octanol–water partition coefficient (Wildman–Crippen LogP) is 3.57. The van der Waals surface area contributed by atoms with Crippen LogP contribution in [0.3, 0.4) is 0 Å². The molecule has 7 nitrogen and oxygen atoms in total. The van der Waals surface area contributed by atoms with Crippen LogP contribution in [0.2, 0.25) is 0 Å². The van der Waals surface area contributed by atoms with Gasteiger partial charge < -0.3 is 25.4 Å². The van der Waals surface area contributed by atoms with Crippen molar-refractivity contribution in [2.45, 2.75) is 32.7 Å². The van der Waals surface area contributed by atoms with Gasteiger partial charge in [-0.2, -0.15) is 0 Å². The molecule has 1 amide bonds. The zero-order valence-corrected chi connectivity index (χ0v) is 17.7. The van der Waals surface area contributed by atoms with Gasteiger partial charge in [-0.15, -0.1) is 0 Å². The van der Waals surface area contributed by atoms with Gasteiger partial charge in [0.25, 0.3) is 5.91 Å². The van der Waals surface area contributed by atoms with Gasteiger partial charge in [0.15, 0.2) is 17.5 Å². The molecule has 0 atom stereocenters. The van der Waals surface area contributed by atoms with Crippen molar-refractivity contribution >= 4 is 17.6 Å². The van der Waals surface area contributed by atoms with Crippen LogP contribution in [0.5, 0.6) is 11.5 Å². The molecule has 1 aliphatic heterocycles. The number of guanidine groups is 1. The number of fused-ring (bicyclic) bond motifs is 1. The lowest BCUT2D eigenvalue weighted by Gasteiger charge is -2.14. The number of anilines is 1. The molecule has 1 heterocycles. The van der Waals surface area contributed by atoms with E-state index >= 15 is 0 Å². The normalized spacial score (nSPS) is 13.3. The second-order valence-corrected chi connectivity index (χ2v) is 7.07. The number of rotatable bonds is 7. The number of ether oxygens (including phenoxy) is 2. The monoisotopic (exact) mass is 410 g/mol. The Morgan fingerprint density at radius 3 is 2.53 bits per heavy atom. The second-order valence-electron chi connectivity index (χ2n) is 7.07. The fourth-order valence-electron chi connectivity index (χ4n) is 3.00. The zero-order chi connectivity index (χ0) is 21.2. The third kappa shape index (κ3) is 6.14. The molecule has 3 rings (SSSR count). The first-order valence-corrected chi connectivity index (χ1v) is 10.4. The Morgan fingerprint density at radius 2 is 1.80 bits per heavy atom. The first-order valence-electron chi connectivity index (χ1n) is 10.4. The lowest BCUT2D eigenvalue weighted by molar-refractivity contribution is 0.0953. The maximum Gasteiger partial charge on any atom is 0.251 e. The first kappa shape index (κ1) is 21.5. The van der Waals surface area contributed by atoms with Crippen molar-refractivity contribution in [3.05, 3.63) is 53.6 Å². The van der Waals surface area contributed by atoms with Crippen molar-refractivity contribution in [2.24, 2.45) is 4.99 Å². The highest BCUT2D eigenvalue weighted by molar-refractivity contribution is 5.94. The van der Waals surface area contributed by atoms with Gasteiger partial charge in [0.2, 0.25) is 0 Å². The molecule has 0 bridgehead atoms. The molecule has 0 aliphatic carbocycles. The van der Waals surface area contributed by atoms with E-state index in [4.69, 9.17) is 9.47 Å². The third-order valence-corrected chi connectivity index (χ3v) is 4.73. The Hall–Kier alpha value is -3.22. The summed E-state index contributed by atoms with van der Waals surface area (Å²) in [6, 6.07) is 13.3. The molecule has 1 aliphatic rings. The molecule has 2 aromatic carbocycles. The van der Waals surface area contributed by atoms with Gasteiger partial charge in [0.05, 0.1) is 13.2 Å². The average molecular weight is 411 g/mol. The number of carbonyl (C=O) groups is 1. The maximum absolute atomic E-state index is 12.1. The summed E-state index contributed by atoms with van der Waals surface area (Å²) in [7, 11) is 1.72. The van der Waals surface area contributed by atoms with E-state index in [0.29, 0.717) is 37.8 Å². The van der Waals surface area contributed by atoms with E-state index in [1.165, 1.54) is 0 Å². The quantitative estimate of drug-likeness (QED) is 0.369. The number of aliphatic imine (C=N–C) groups is 1. The van der Waals surface area contributed by atoms with Crippen LogP contribution in [0.15, 0.2) is 47.5 Å². The standard InChI is InChI=1S/C23H30N4O3/c1-3-4-12-25-22(28)18-8-6-17(7-9-18)16-26-23(24-2)27-19-10-11-20-21(15-19)30-14-5-13-29-20/h6-11,15H,3-5,12-14,16H2,1-2H3,(H,25,28)(H2,24,26,27). The van der Waals surface area contributed by atoms with E-state index in [9.17, 15) is 4.79 Å². The Kier molecular flexibility index (Phi) is 7.94. The molecular formula is C23H30N4O3. The van der Waals surface area contributed by atoms with E-state index in [1.807, 2.05) is 42.5 Å². The summed E-state index contributed by atoms with van der Waals surface area (Å²) in [5.41, 5.74) is 2.60. The fourth-order valence-corrected chi connectivity index (χ4v) is 3.00. The van der Waals surface area contributed by atoms with Crippen molar-refractivity contribution in [1.82, 2.24) is 10.6 Å². The molecule has 0 unspecified atom stereocenters. The molecule has 0 saturated carbocycles. The Morgan fingerprint density at radius 1 is 1.03 bits per heavy atom. The lowest BCUT2D eigenvalue weighted by Crippen LogP contribution is -2.30. The van der Waals surface area contributed by atoms with Crippen LogP contribution in [0.4, 0.5) is 5.69 Å². The highest BCUT2D eigenvalue weighted by Crippen LogP contribution is 2.32. The maximum atomic E-state index is 12.1. The summed E-state index contributed by atoms with van der Waals surface area (Å²) in [6.07, 6.45) is 2.93. The van der Waals surface area contributed by atoms with E-state index < -0.39 is 0 Å². The number of amides is 1. The van der Waals surface area contributed by atoms with Gasteiger partial charge in [-0.25, -0.2) is 0 Å². The van der Waals surface area contributed by atoms with Crippen LogP contribution >= 0.6 is 0 Å². The van der Waals surface area contributed by atoms with Gasteiger partial charge >= 0.3 is 0 Å².